The van der Waals surface area contributed by atoms with E-state index in [9.17, 15) is 0 Å². The van der Waals surface area contributed by atoms with E-state index in [1.165, 1.54) is 5.56 Å². The molecule has 6 nitrogen and oxygen atoms in total. The molecule has 1 aliphatic rings. The fourth-order valence-electron chi connectivity index (χ4n) is 4.29. The highest BCUT2D eigenvalue weighted by atomic mass is 16.5. The topological polar surface area (TPSA) is 63.2 Å². The van der Waals surface area contributed by atoms with Crippen molar-refractivity contribution in [1.29, 1.82) is 0 Å². The van der Waals surface area contributed by atoms with Crippen LogP contribution in [0.3, 0.4) is 0 Å². The van der Waals surface area contributed by atoms with Crippen LogP contribution in [0.1, 0.15) is 42.4 Å². The zero-order valence-corrected chi connectivity index (χ0v) is 18.6. The van der Waals surface area contributed by atoms with Crippen molar-refractivity contribution in [2.75, 3.05) is 25.5 Å². The van der Waals surface area contributed by atoms with E-state index in [1.807, 2.05) is 44.4 Å². The van der Waals surface area contributed by atoms with Gasteiger partial charge >= 0.3 is 0 Å². The minimum absolute atomic E-state index is 0.0681. The zero-order valence-electron chi connectivity index (χ0n) is 18.6. The second-order valence-corrected chi connectivity index (χ2v) is 8.60. The molecule has 1 aromatic carbocycles. The van der Waals surface area contributed by atoms with E-state index in [2.05, 4.69) is 40.3 Å². The highest BCUT2D eigenvalue weighted by molar-refractivity contribution is 5.36. The van der Waals surface area contributed by atoms with E-state index in [-0.39, 0.29) is 5.41 Å². The number of anilines is 1. The van der Waals surface area contributed by atoms with Gasteiger partial charge in [-0.2, -0.15) is 0 Å². The second kappa shape index (κ2) is 9.43. The van der Waals surface area contributed by atoms with Gasteiger partial charge in [0.1, 0.15) is 24.0 Å². The summed E-state index contributed by atoms with van der Waals surface area (Å²) in [6, 6.07) is 14.3. The molecule has 1 fully saturated rings. The summed E-state index contributed by atoms with van der Waals surface area (Å²) in [5.41, 5.74) is 3.21. The molecule has 1 unspecified atom stereocenters. The number of piperidine rings is 1. The van der Waals surface area contributed by atoms with Crippen LogP contribution in [0.5, 0.6) is 5.75 Å². The Hall–Kier alpha value is -2.99. The lowest BCUT2D eigenvalue weighted by atomic mass is 9.80. The first-order valence-corrected chi connectivity index (χ1v) is 10.9. The lowest BCUT2D eigenvalue weighted by molar-refractivity contribution is 0.142. The number of nitrogens with one attached hydrogen (secondary N) is 1. The van der Waals surface area contributed by atoms with E-state index >= 15 is 0 Å². The third kappa shape index (κ3) is 5.20. The third-order valence-corrected chi connectivity index (χ3v) is 5.91. The minimum atomic E-state index is -0.0681. The highest BCUT2D eigenvalue weighted by Gasteiger charge is 2.35. The molecule has 31 heavy (non-hydrogen) atoms. The van der Waals surface area contributed by atoms with E-state index in [0.29, 0.717) is 6.61 Å². The maximum atomic E-state index is 6.15. The number of para-hydroxylation sites is 1. The molecular weight excluding hydrogens is 386 g/mol. The normalized spacial score (nSPS) is 19.2. The Morgan fingerprint density at radius 3 is 2.84 bits per heavy atom. The van der Waals surface area contributed by atoms with Crippen molar-refractivity contribution < 1.29 is 4.74 Å². The standard InChI is InChI=1S/C25H31N5O/c1-19-14-23(26-3)29-24(28-19)25(2)11-7-13-30(18-25)16-21-9-4-5-10-22(21)31-17-20-8-6-12-27-15-20/h4-6,8-10,12,14-15H,7,11,13,16-18H2,1-3H3,(H,26,28,29). The second-order valence-electron chi connectivity index (χ2n) is 8.60. The van der Waals surface area contributed by atoms with Crippen molar-refractivity contribution in [2.45, 2.75) is 45.3 Å². The lowest BCUT2D eigenvalue weighted by Crippen LogP contribution is -2.45. The van der Waals surface area contributed by atoms with Gasteiger partial charge in [-0.25, -0.2) is 9.97 Å². The summed E-state index contributed by atoms with van der Waals surface area (Å²) >= 11 is 0. The molecule has 0 spiro atoms. The molecule has 0 bridgehead atoms. The summed E-state index contributed by atoms with van der Waals surface area (Å²) in [7, 11) is 1.91. The molecular formula is C25H31N5O. The average molecular weight is 418 g/mol. The molecule has 162 valence electrons. The van der Waals surface area contributed by atoms with E-state index < -0.39 is 0 Å². The van der Waals surface area contributed by atoms with Gasteiger partial charge in [0, 0.05) is 60.8 Å². The largest absolute Gasteiger partial charge is 0.489 e. The van der Waals surface area contributed by atoms with Gasteiger partial charge in [-0.1, -0.05) is 31.2 Å². The van der Waals surface area contributed by atoms with Crippen LogP contribution in [0.4, 0.5) is 5.82 Å². The molecule has 2 aromatic heterocycles. The van der Waals surface area contributed by atoms with Gasteiger partial charge < -0.3 is 10.1 Å². The molecule has 0 aliphatic carbocycles. The van der Waals surface area contributed by atoms with E-state index in [0.717, 1.165) is 61.1 Å². The number of pyridine rings is 1. The predicted molar refractivity (Wildman–Crippen MR) is 123 cm³/mol. The smallest absolute Gasteiger partial charge is 0.138 e. The molecule has 1 atom stereocenters. The van der Waals surface area contributed by atoms with Crippen LogP contribution in [0.25, 0.3) is 0 Å². The molecule has 0 saturated carbocycles. The Bertz CT molecular complexity index is 1010. The quantitative estimate of drug-likeness (QED) is 0.616. The number of hydrogen-bond acceptors (Lipinski definition) is 6. The van der Waals surface area contributed by atoms with Crippen LogP contribution < -0.4 is 10.1 Å². The molecule has 1 saturated heterocycles. The summed E-state index contributed by atoms with van der Waals surface area (Å²) in [6.07, 6.45) is 5.85. The summed E-state index contributed by atoms with van der Waals surface area (Å²) < 4.78 is 6.15. The van der Waals surface area contributed by atoms with Crippen molar-refractivity contribution in [1.82, 2.24) is 19.9 Å². The predicted octanol–water partition coefficient (Wildman–Crippen LogP) is 4.35. The molecule has 1 N–H and O–H groups in total. The van der Waals surface area contributed by atoms with Gasteiger partial charge in [0.05, 0.1) is 0 Å². The van der Waals surface area contributed by atoms with Crippen LogP contribution in [0.2, 0.25) is 0 Å². The molecule has 4 rings (SSSR count). The molecule has 0 radical (unpaired) electrons. The summed E-state index contributed by atoms with van der Waals surface area (Å²) in [5, 5.41) is 3.16. The van der Waals surface area contributed by atoms with Gasteiger partial charge in [-0.15, -0.1) is 0 Å². The molecule has 6 heteroatoms. The van der Waals surface area contributed by atoms with Crippen LogP contribution in [-0.2, 0) is 18.6 Å². The van der Waals surface area contributed by atoms with Crippen molar-refractivity contribution >= 4 is 5.82 Å². The molecule has 0 amide bonds. The molecule has 3 aromatic rings. The van der Waals surface area contributed by atoms with Gasteiger partial charge in [0.2, 0.25) is 0 Å². The first-order valence-electron chi connectivity index (χ1n) is 10.9. The van der Waals surface area contributed by atoms with Gasteiger partial charge in [-0.3, -0.25) is 9.88 Å². The minimum Gasteiger partial charge on any atom is -0.489 e. The Kier molecular flexibility index (Phi) is 6.47. The van der Waals surface area contributed by atoms with Crippen LogP contribution in [-0.4, -0.2) is 40.0 Å². The SMILES string of the molecule is CNc1cc(C)nc(C2(C)CCCN(Cc3ccccc3OCc3cccnc3)C2)n1. The van der Waals surface area contributed by atoms with Gasteiger partial charge in [0.15, 0.2) is 0 Å². The van der Waals surface area contributed by atoms with Gasteiger partial charge in [-0.05, 0) is 38.4 Å². The fourth-order valence-corrected chi connectivity index (χ4v) is 4.29. The number of benzene rings is 1. The summed E-state index contributed by atoms with van der Waals surface area (Å²) in [6.45, 7) is 7.69. The van der Waals surface area contributed by atoms with Crippen LogP contribution in [0.15, 0.2) is 54.9 Å². The summed E-state index contributed by atoms with van der Waals surface area (Å²) in [4.78, 5) is 16.3. The Labute approximate surface area is 184 Å². The number of rotatable bonds is 7. The number of ether oxygens (including phenoxy) is 1. The fraction of sp³-hybridized carbons (Fsp3) is 0.400. The Morgan fingerprint density at radius 2 is 2.03 bits per heavy atom. The number of aromatic nitrogens is 3. The maximum absolute atomic E-state index is 6.15. The lowest BCUT2D eigenvalue weighted by Gasteiger charge is -2.39. The number of hydrogen-bond donors (Lipinski definition) is 1. The van der Waals surface area contributed by atoms with Crippen molar-refractivity contribution in [3.05, 3.63) is 77.5 Å². The zero-order chi connectivity index (χ0) is 21.7. The monoisotopic (exact) mass is 417 g/mol. The first kappa shape index (κ1) is 21.2. The van der Waals surface area contributed by atoms with Crippen LogP contribution >= 0.6 is 0 Å². The van der Waals surface area contributed by atoms with Crippen molar-refractivity contribution in [3.8, 4) is 5.75 Å². The molecule has 1 aliphatic heterocycles. The maximum Gasteiger partial charge on any atom is 0.138 e. The summed E-state index contributed by atoms with van der Waals surface area (Å²) in [5.74, 6) is 2.75. The number of aryl methyl sites for hydroxylation is 1. The third-order valence-electron chi connectivity index (χ3n) is 5.91. The highest BCUT2D eigenvalue weighted by Crippen LogP contribution is 2.34. The molecule has 3 heterocycles. The van der Waals surface area contributed by atoms with Crippen molar-refractivity contribution in [3.63, 3.8) is 0 Å². The van der Waals surface area contributed by atoms with E-state index in [1.54, 1.807) is 6.20 Å². The number of likely N-dealkylation sites (tertiary alicyclic amines) is 1. The van der Waals surface area contributed by atoms with E-state index in [4.69, 9.17) is 14.7 Å². The van der Waals surface area contributed by atoms with Gasteiger partial charge in [0.25, 0.3) is 0 Å². The first-order chi connectivity index (χ1) is 15.1. The van der Waals surface area contributed by atoms with Crippen LogP contribution in [0, 0.1) is 6.92 Å². The van der Waals surface area contributed by atoms with Crippen molar-refractivity contribution in [2.24, 2.45) is 0 Å². The Balaban J connectivity index is 1.48. The average Bonchev–Trinajstić information content (AvgIpc) is 2.79. The number of nitrogens with zero attached hydrogens (tertiary/aromatic N) is 4. The Morgan fingerprint density at radius 1 is 1.16 bits per heavy atom.